The van der Waals surface area contributed by atoms with Crippen LogP contribution in [0.25, 0.3) is 0 Å². The molecule has 8 nitrogen and oxygen atoms in total. The maximum absolute atomic E-state index is 13.4. The molecule has 0 aliphatic heterocycles. The molecule has 30 heavy (non-hydrogen) atoms. The van der Waals surface area contributed by atoms with E-state index in [4.69, 9.17) is 9.05 Å². The second-order valence-corrected chi connectivity index (χ2v) is 8.01. The van der Waals surface area contributed by atoms with Crippen LogP contribution in [0.2, 0.25) is 0 Å². The Morgan fingerprint density at radius 2 is 1.70 bits per heavy atom. The summed E-state index contributed by atoms with van der Waals surface area (Å²) >= 11 is 0. The standard InChI is InChI=1S/C21H20N3O5P/c1-2-28-30(27,20-9-4-3-5-10-20)29-21-11-7-6-8-17(21)16-22-23-18-12-14-19(15-13-18)24(25)26/h3-16,23H,2H2,1H3. The fourth-order valence-corrected chi connectivity index (χ4v) is 4.18. The Bertz CT molecular complexity index is 1070. The highest BCUT2D eigenvalue weighted by Gasteiger charge is 2.29. The molecule has 1 atom stereocenters. The van der Waals surface area contributed by atoms with Gasteiger partial charge in [0.2, 0.25) is 0 Å². The fraction of sp³-hybridized carbons (Fsp3) is 0.0952. The molecular formula is C21H20N3O5P. The first-order valence-electron chi connectivity index (χ1n) is 9.14. The maximum Gasteiger partial charge on any atom is 0.410 e. The van der Waals surface area contributed by atoms with Crippen LogP contribution in [0, 0.1) is 10.1 Å². The molecule has 0 fully saturated rings. The summed E-state index contributed by atoms with van der Waals surface area (Å²) in [4.78, 5) is 10.3. The first kappa shape index (κ1) is 21.2. The van der Waals surface area contributed by atoms with E-state index in [-0.39, 0.29) is 12.3 Å². The Kier molecular flexibility index (Phi) is 6.95. The number of hydrogen-bond acceptors (Lipinski definition) is 7. The molecule has 3 aromatic carbocycles. The molecule has 0 aliphatic rings. The minimum atomic E-state index is -3.57. The highest BCUT2D eigenvalue weighted by molar-refractivity contribution is 7.62. The van der Waals surface area contributed by atoms with Crippen molar-refractivity contribution in [1.29, 1.82) is 0 Å². The summed E-state index contributed by atoms with van der Waals surface area (Å²) in [5.74, 6) is 0.354. The second kappa shape index (κ2) is 9.82. The van der Waals surface area contributed by atoms with Gasteiger partial charge < -0.3 is 4.52 Å². The molecule has 0 aliphatic carbocycles. The number of nitro benzene ring substituents is 1. The Balaban J connectivity index is 1.79. The van der Waals surface area contributed by atoms with Crippen LogP contribution in [0.15, 0.2) is 84.0 Å². The molecule has 0 bridgehead atoms. The van der Waals surface area contributed by atoms with E-state index in [2.05, 4.69) is 10.5 Å². The van der Waals surface area contributed by atoms with Gasteiger partial charge >= 0.3 is 7.60 Å². The number of non-ortho nitro benzene ring substituents is 1. The quantitative estimate of drug-likeness (QED) is 0.225. The summed E-state index contributed by atoms with van der Waals surface area (Å²) in [6.07, 6.45) is 1.51. The molecule has 1 N–H and O–H groups in total. The van der Waals surface area contributed by atoms with Crippen LogP contribution in [0.4, 0.5) is 11.4 Å². The first-order valence-corrected chi connectivity index (χ1v) is 10.7. The van der Waals surface area contributed by atoms with E-state index in [9.17, 15) is 14.7 Å². The molecule has 154 valence electrons. The summed E-state index contributed by atoms with van der Waals surface area (Å²) < 4.78 is 24.7. The van der Waals surface area contributed by atoms with Gasteiger partial charge in [-0.1, -0.05) is 30.3 Å². The summed E-state index contributed by atoms with van der Waals surface area (Å²) in [7, 11) is -3.57. The molecule has 0 saturated heterocycles. The lowest BCUT2D eigenvalue weighted by atomic mass is 10.2. The zero-order chi connectivity index (χ0) is 21.4. The van der Waals surface area contributed by atoms with Gasteiger partial charge in [0, 0.05) is 17.7 Å². The van der Waals surface area contributed by atoms with Gasteiger partial charge in [-0.15, -0.1) is 0 Å². The van der Waals surface area contributed by atoms with E-state index < -0.39 is 12.5 Å². The molecule has 0 heterocycles. The average molecular weight is 425 g/mol. The predicted octanol–water partition coefficient (Wildman–Crippen LogP) is 4.97. The summed E-state index contributed by atoms with van der Waals surface area (Å²) in [6.45, 7) is 1.98. The van der Waals surface area contributed by atoms with Crippen LogP contribution in [-0.4, -0.2) is 17.7 Å². The van der Waals surface area contributed by atoms with Crippen LogP contribution in [0.3, 0.4) is 0 Å². The summed E-state index contributed by atoms with van der Waals surface area (Å²) in [5, 5.41) is 15.3. The Morgan fingerprint density at radius 3 is 2.37 bits per heavy atom. The van der Waals surface area contributed by atoms with Gasteiger partial charge in [0.1, 0.15) is 5.75 Å². The van der Waals surface area contributed by atoms with Gasteiger partial charge in [-0.2, -0.15) is 5.10 Å². The third kappa shape index (κ3) is 5.31. The summed E-state index contributed by atoms with van der Waals surface area (Å²) in [5.41, 5.74) is 3.96. The number of hydrogen-bond donors (Lipinski definition) is 1. The van der Waals surface area contributed by atoms with Crippen molar-refractivity contribution in [1.82, 2.24) is 0 Å². The van der Waals surface area contributed by atoms with E-state index in [1.54, 1.807) is 67.6 Å². The van der Waals surface area contributed by atoms with E-state index in [0.29, 0.717) is 22.3 Å². The largest absolute Gasteiger partial charge is 0.421 e. The van der Waals surface area contributed by atoms with E-state index >= 15 is 0 Å². The van der Waals surface area contributed by atoms with Crippen molar-refractivity contribution in [2.45, 2.75) is 6.92 Å². The van der Waals surface area contributed by atoms with Crippen molar-refractivity contribution in [3.8, 4) is 5.75 Å². The molecule has 3 rings (SSSR count). The molecule has 0 amide bonds. The predicted molar refractivity (Wildman–Crippen MR) is 117 cm³/mol. The maximum atomic E-state index is 13.4. The molecule has 0 saturated carbocycles. The average Bonchev–Trinajstić information content (AvgIpc) is 2.76. The minimum Gasteiger partial charge on any atom is -0.421 e. The van der Waals surface area contributed by atoms with Crippen molar-refractivity contribution >= 4 is 30.5 Å². The van der Waals surface area contributed by atoms with E-state index in [1.165, 1.54) is 18.3 Å². The number of rotatable bonds is 9. The number of nitrogens with zero attached hydrogens (tertiary/aromatic N) is 2. The van der Waals surface area contributed by atoms with E-state index in [1.807, 2.05) is 6.07 Å². The van der Waals surface area contributed by atoms with Gasteiger partial charge in [0.15, 0.2) is 0 Å². The molecule has 9 heteroatoms. The number of benzene rings is 3. The normalized spacial score (nSPS) is 13.0. The minimum absolute atomic E-state index is 0.00383. The van der Waals surface area contributed by atoms with Crippen molar-refractivity contribution in [3.63, 3.8) is 0 Å². The van der Waals surface area contributed by atoms with Gasteiger partial charge in [-0.05, 0) is 43.3 Å². The lowest BCUT2D eigenvalue weighted by Gasteiger charge is -2.19. The second-order valence-electron chi connectivity index (χ2n) is 6.05. The van der Waals surface area contributed by atoms with Crippen molar-refractivity contribution in [2.24, 2.45) is 5.10 Å². The SMILES string of the molecule is CCOP(=O)(Oc1ccccc1C=NNc1ccc([N+](=O)[O-])cc1)c1ccccc1. The van der Waals surface area contributed by atoms with Gasteiger partial charge in [0.25, 0.3) is 5.69 Å². The number of hydrazone groups is 1. The zero-order valence-corrected chi connectivity index (χ0v) is 17.1. The highest BCUT2D eigenvalue weighted by atomic mass is 31.2. The number of para-hydroxylation sites is 1. The van der Waals surface area contributed by atoms with Gasteiger partial charge in [-0.3, -0.25) is 20.1 Å². The van der Waals surface area contributed by atoms with Crippen LogP contribution < -0.4 is 15.3 Å². The molecular weight excluding hydrogens is 405 g/mol. The molecule has 0 radical (unpaired) electrons. The van der Waals surface area contributed by atoms with E-state index in [0.717, 1.165) is 0 Å². The lowest BCUT2D eigenvalue weighted by molar-refractivity contribution is -0.384. The fourth-order valence-electron chi connectivity index (χ4n) is 2.57. The van der Waals surface area contributed by atoms with Crippen molar-refractivity contribution in [3.05, 3.63) is 94.5 Å². The van der Waals surface area contributed by atoms with Crippen molar-refractivity contribution < 1.29 is 18.5 Å². The first-order chi connectivity index (χ1) is 14.5. The molecule has 1 unspecified atom stereocenters. The highest BCUT2D eigenvalue weighted by Crippen LogP contribution is 2.47. The topological polar surface area (TPSA) is 103 Å². The summed E-state index contributed by atoms with van der Waals surface area (Å²) in [6, 6.07) is 21.6. The van der Waals surface area contributed by atoms with Crippen LogP contribution >= 0.6 is 7.60 Å². The lowest BCUT2D eigenvalue weighted by Crippen LogP contribution is -2.13. The van der Waals surface area contributed by atoms with Gasteiger partial charge in [0.05, 0.1) is 28.7 Å². The smallest absolute Gasteiger partial charge is 0.410 e. The number of anilines is 1. The zero-order valence-electron chi connectivity index (χ0n) is 16.2. The monoisotopic (exact) mass is 425 g/mol. The van der Waals surface area contributed by atoms with Crippen LogP contribution in [-0.2, 0) is 9.09 Å². The van der Waals surface area contributed by atoms with Crippen LogP contribution in [0.1, 0.15) is 12.5 Å². The Hall–Kier alpha value is -3.48. The third-order valence-corrected chi connectivity index (χ3v) is 5.95. The molecule has 3 aromatic rings. The number of nitro groups is 1. The molecule has 0 aromatic heterocycles. The number of nitrogens with one attached hydrogen (secondary N) is 1. The van der Waals surface area contributed by atoms with Crippen LogP contribution in [0.5, 0.6) is 5.75 Å². The van der Waals surface area contributed by atoms with Crippen molar-refractivity contribution in [2.75, 3.05) is 12.0 Å². The van der Waals surface area contributed by atoms with Gasteiger partial charge in [-0.25, -0.2) is 4.57 Å². The third-order valence-electron chi connectivity index (χ3n) is 3.98. The Labute approximate surface area is 173 Å². The molecule has 0 spiro atoms. The Morgan fingerprint density at radius 1 is 1.03 bits per heavy atom.